The molecular formula is C20H25ClN6O5S2. The van der Waals surface area contributed by atoms with Gasteiger partial charge in [-0.25, -0.2) is 18.4 Å². The lowest BCUT2D eigenvalue weighted by Gasteiger charge is -2.20. The fourth-order valence-electron chi connectivity index (χ4n) is 3.17. The second-order valence-corrected chi connectivity index (χ2v) is 11.8. The predicted molar refractivity (Wildman–Crippen MR) is 129 cm³/mol. The first-order valence-corrected chi connectivity index (χ1v) is 13.6. The summed E-state index contributed by atoms with van der Waals surface area (Å²) in [5.74, 6) is -2.43. The van der Waals surface area contributed by atoms with Gasteiger partial charge in [-0.2, -0.15) is 0 Å². The predicted octanol–water partition coefficient (Wildman–Crippen LogP) is 0.467. The molecule has 1 aliphatic rings. The van der Waals surface area contributed by atoms with Crippen molar-refractivity contribution in [2.45, 2.75) is 25.4 Å². The maximum absolute atomic E-state index is 12.8. The minimum absolute atomic E-state index is 0.0546. The van der Waals surface area contributed by atoms with Crippen LogP contribution >= 0.6 is 22.9 Å². The number of aromatic nitrogens is 2. The number of thiazole rings is 1. The highest BCUT2D eigenvalue weighted by Gasteiger charge is 2.24. The van der Waals surface area contributed by atoms with E-state index < -0.39 is 33.6 Å². The maximum Gasteiger partial charge on any atom is 0.314 e. The highest BCUT2D eigenvalue weighted by atomic mass is 35.5. The average molecular weight is 529 g/mol. The number of amides is 3. The van der Waals surface area contributed by atoms with Gasteiger partial charge in [0.25, 0.3) is 5.91 Å². The van der Waals surface area contributed by atoms with Gasteiger partial charge in [0.1, 0.15) is 15.7 Å². The van der Waals surface area contributed by atoms with Crippen LogP contribution in [0.4, 0.5) is 5.82 Å². The normalized spacial score (nSPS) is 14.7. The standard InChI is InChI=1S/C20H25ClN6O5S2/c1-27-7-5-14-15(11-27)33-20(25-14)19(30)24-13(6-8-34(2,31)32)10-23-17(28)18(29)26-16-4-3-12(21)9-22-16/h3-4,9,13H,5-8,10-11H2,1-2H3,(H,23,28)(H,24,30)(H,22,26,29). The Morgan fingerprint density at radius 3 is 2.71 bits per heavy atom. The molecule has 0 spiro atoms. The number of carbonyl (C=O) groups excluding carboxylic acids is 3. The zero-order valence-electron chi connectivity index (χ0n) is 18.6. The third-order valence-electron chi connectivity index (χ3n) is 4.97. The molecule has 1 aliphatic heterocycles. The van der Waals surface area contributed by atoms with Crippen molar-refractivity contribution in [3.8, 4) is 0 Å². The molecule has 0 aliphatic carbocycles. The number of hydrogen-bond donors (Lipinski definition) is 3. The Hall–Kier alpha value is -2.61. The molecule has 184 valence electrons. The number of anilines is 1. The van der Waals surface area contributed by atoms with Crippen molar-refractivity contribution < 1.29 is 22.8 Å². The Labute approximate surface area is 206 Å². The topological polar surface area (TPSA) is 150 Å². The number of pyridine rings is 1. The number of likely N-dealkylation sites (N-methyl/N-ethyl adjacent to an activating group) is 1. The van der Waals surface area contributed by atoms with Gasteiger partial charge in [0.05, 0.1) is 16.5 Å². The summed E-state index contributed by atoms with van der Waals surface area (Å²) in [5.41, 5.74) is 0.890. The van der Waals surface area contributed by atoms with Crippen LogP contribution in [-0.4, -0.2) is 79.2 Å². The number of carbonyl (C=O) groups is 3. The van der Waals surface area contributed by atoms with Gasteiger partial charge >= 0.3 is 11.8 Å². The maximum atomic E-state index is 12.8. The molecule has 0 fully saturated rings. The van der Waals surface area contributed by atoms with Gasteiger partial charge in [0.15, 0.2) is 5.01 Å². The number of halogens is 1. The molecule has 34 heavy (non-hydrogen) atoms. The van der Waals surface area contributed by atoms with Crippen LogP contribution in [0.25, 0.3) is 0 Å². The van der Waals surface area contributed by atoms with Crippen LogP contribution in [0.5, 0.6) is 0 Å². The highest BCUT2D eigenvalue weighted by molar-refractivity contribution is 7.90. The van der Waals surface area contributed by atoms with E-state index in [0.717, 1.165) is 29.8 Å². The summed E-state index contributed by atoms with van der Waals surface area (Å²) in [4.78, 5) is 48.6. The molecule has 1 atom stereocenters. The quantitative estimate of drug-likeness (QED) is 0.418. The molecule has 3 N–H and O–H groups in total. The van der Waals surface area contributed by atoms with Crippen LogP contribution in [0.2, 0.25) is 5.02 Å². The first-order valence-electron chi connectivity index (χ1n) is 10.4. The van der Waals surface area contributed by atoms with E-state index in [0.29, 0.717) is 11.6 Å². The molecule has 2 aromatic heterocycles. The fraction of sp³-hybridized carbons (Fsp3) is 0.450. The molecule has 0 radical (unpaired) electrons. The van der Waals surface area contributed by atoms with Gasteiger partial charge in [0, 0.05) is 49.4 Å². The fourth-order valence-corrected chi connectivity index (χ4v) is 5.08. The van der Waals surface area contributed by atoms with Crippen molar-refractivity contribution in [1.29, 1.82) is 0 Å². The third kappa shape index (κ3) is 7.72. The van der Waals surface area contributed by atoms with E-state index in [2.05, 4.69) is 30.8 Å². The van der Waals surface area contributed by atoms with E-state index in [-0.39, 0.29) is 29.5 Å². The molecule has 2 aromatic rings. The second-order valence-electron chi connectivity index (χ2n) is 7.99. The van der Waals surface area contributed by atoms with Gasteiger partial charge in [-0.15, -0.1) is 11.3 Å². The van der Waals surface area contributed by atoms with Crippen molar-refractivity contribution in [3.05, 3.63) is 38.9 Å². The molecule has 0 saturated carbocycles. The molecule has 0 saturated heterocycles. The summed E-state index contributed by atoms with van der Waals surface area (Å²) < 4.78 is 23.3. The molecular weight excluding hydrogens is 504 g/mol. The minimum Gasteiger partial charge on any atom is -0.346 e. The van der Waals surface area contributed by atoms with Crippen LogP contribution in [-0.2, 0) is 32.4 Å². The molecule has 3 rings (SSSR count). The Bertz CT molecular complexity index is 1170. The van der Waals surface area contributed by atoms with Crippen LogP contribution in [0.15, 0.2) is 18.3 Å². The van der Waals surface area contributed by atoms with Gasteiger partial charge in [-0.05, 0) is 25.6 Å². The Kier molecular flexibility index (Phi) is 8.57. The number of rotatable bonds is 8. The Balaban J connectivity index is 1.61. The molecule has 11 nitrogen and oxygen atoms in total. The van der Waals surface area contributed by atoms with Gasteiger partial charge in [-0.3, -0.25) is 14.4 Å². The number of fused-ring (bicyclic) bond motifs is 1. The monoisotopic (exact) mass is 528 g/mol. The zero-order chi connectivity index (χ0) is 24.9. The number of nitrogens with zero attached hydrogens (tertiary/aromatic N) is 3. The van der Waals surface area contributed by atoms with Crippen LogP contribution in [0, 0.1) is 0 Å². The Morgan fingerprint density at radius 1 is 1.26 bits per heavy atom. The first kappa shape index (κ1) is 26.0. The Morgan fingerprint density at radius 2 is 2.03 bits per heavy atom. The van der Waals surface area contributed by atoms with Crippen molar-refractivity contribution in [2.24, 2.45) is 0 Å². The van der Waals surface area contributed by atoms with E-state index in [4.69, 9.17) is 11.6 Å². The molecule has 14 heteroatoms. The summed E-state index contributed by atoms with van der Waals surface area (Å²) in [6.07, 6.45) is 3.21. The lowest BCUT2D eigenvalue weighted by atomic mass is 10.2. The van der Waals surface area contributed by atoms with Crippen LogP contribution < -0.4 is 16.0 Å². The van der Waals surface area contributed by atoms with E-state index >= 15 is 0 Å². The summed E-state index contributed by atoms with van der Waals surface area (Å²) in [6.45, 7) is 1.43. The summed E-state index contributed by atoms with van der Waals surface area (Å²) in [5, 5.41) is 8.14. The van der Waals surface area contributed by atoms with Gasteiger partial charge < -0.3 is 20.9 Å². The highest BCUT2D eigenvalue weighted by Crippen LogP contribution is 2.24. The van der Waals surface area contributed by atoms with E-state index in [9.17, 15) is 22.8 Å². The number of nitrogens with one attached hydrogen (secondary N) is 3. The molecule has 1 unspecified atom stereocenters. The van der Waals surface area contributed by atoms with E-state index in [1.165, 1.54) is 29.7 Å². The summed E-state index contributed by atoms with van der Waals surface area (Å²) in [6, 6.07) is 2.22. The molecule has 0 aromatic carbocycles. The number of hydrogen-bond acceptors (Lipinski definition) is 9. The average Bonchev–Trinajstić information content (AvgIpc) is 3.19. The SMILES string of the molecule is CN1CCc2nc(C(=O)NC(CCS(C)(=O)=O)CNC(=O)C(=O)Nc3ccc(Cl)cn3)sc2C1. The molecule has 3 heterocycles. The first-order chi connectivity index (χ1) is 16.0. The summed E-state index contributed by atoms with van der Waals surface area (Å²) in [7, 11) is -1.32. The summed E-state index contributed by atoms with van der Waals surface area (Å²) >= 11 is 7.03. The molecule has 0 bridgehead atoms. The van der Waals surface area contributed by atoms with Crippen molar-refractivity contribution in [2.75, 3.05) is 37.5 Å². The lowest BCUT2D eigenvalue weighted by molar-refractivity contribution is -0.136. The van der Waals surface area contributed by atoms with Crippen LogP contribution in [0.1, 0.15) is 26.8 Å². The number of sulfone groups is 1. The minimum atomic E-state index is -3.31. The van der Waals surface area contributed by atoms with E-state index in [1.54, 1.807) is 0 Å². The van der Waals surface area contributed by atoms with Gasteiger partial charge in [-0.1, -0.05) is 11.6 Å². The second kappa shape index (κ2) is 11.2. The largest absolute Gasteiger partial charge is 0.346 e. The third-order valence-corrected chi connectivity index (χ3v) is 7.25. The smallest absolute Gasteiger partial charge is 0.314 e. The van der Waals surface area contributed by atoms with Gasteiger partial charge in [0.2, 0.25) is 0 Å². The van der Waals surface area contributed by atoms with Crippen molar-refractivity contribution in [1.82, 2.24) is 25.5 Å². The zero-order valence-corrected chi connectivity index (χ0v) is 21.0. The van der Waals surface area contributed by atoms with Crippen molar-refractivity contribution >= 4 is 56.3 Å². The van der Waals surface area contributed by atoms with Crippen molar-refractivity contribution in [3.63, 3.8) is 0 Å². The lowest BCUT2D eigenvalue weighted by Crippen LogP contribution is -2.47. The van der Waals surface area contributed by atoms with E-state index in [1.807, 2.05) is 7.05 Å². The van der Waals surface area contributed by atoms with Crippen LogP contribution in [0.3, 0.4) is 0 Å². The molecule has 3 amide bonds.